The molecule has 0 N–H and O–H groups in total. The number of hydrogen-bond donors (Lipinski definition) is 0. The van der Waals surface area contributed by atoms with Gasteiger partial charge < -0.3 is 9.80 Å². The smallest absolute Gasteiger partial charge is 0.222 e. The van der Waals surface area contributed by atoms with Crippen LogP contribution < -0.4 is 0 Å². The van der Waals surface area contributed by atoms with E-state index in [1.54, 1.807) is 0 Å². The van der Waals surface area contributed by atoms with Gasteiger partial charge in [-0.05, 0) is 37.1 Å². The van der Waals surface area contributed by atoms with E-state index in [1.807, 2.05) is 6.92 Å². The number of nitrogens with zero attached hydrogens (tertiary/aromatic N) is 2. The van der Waals surface area contributed by atoms with Crippen LogP contribution >= 0.6 is 0 Å². The Kier molecular flexibility index (Phi) is 4.66. The zero-order chi connectivity index (χ0) is 13.1. The molecule has 2 atom stereocenters. The van der Waals surface area contributed by atoms with E-state index in [2.05, 4.69) is 23.6 Å². The van der Waals surface area contributed by atoms with Gasteiger partial charge in [0.25, 0.3) is 0 Å². The first-order valence-electron chi connectivity index (χ1n) is 7.60. The Morgan fingerprint density at radius 2 is 1.78 bits per heavy atom. The molecular formula is C15H28N2O. The predicted octanol–water partition coefficient (Wildman–Crippen LogP) is 2.22. The van der Waals surface area contributed by atoms with Crippen LogP contribution in [0.3, 0.4) is 0 Å². The van der Waals surface area contributed by atoms with Crippen molar-refractivity contribution in [1.29, 1.82) is 0 Å². The Hall–Kier alpha value is -0.570. The molecule has 2 heterocycles. The van der Waals surface area contributed by atoms with Crippen molar-refractivity contribution in [3.63, 3.8) is 0 Å². The van der Waals surface area contributed by atoms with Crippen molar-refractivity contribution in [2.24, 2.45) is 17.8 Å². The summed E-state index contributed by atoms with van der Waals surface area (Å²) in [7, 11) is 0. The van der Waals surface area contributed by atoms with Crippen molar-refractivity contribution in [1.82, 2.24) is 9.80 Å². The van der Waals surface area contributed by atoms with Crippen LogP contribution in [0.15, 0.2) is 0 Å². The third-order valence-electron chi connectivity index (χ3n) is 4.47. The number of hydrogen-bond acceptors (Lipinski definition) is 2. The van der Waals surface area contributed by atoms with Gasteiger partial charge >= 0.3 is 0 Å². The third-order valence-corrected chi connectivity index (χ3v) is 4.47. The molecular weight excluding hydrogens is 224 g/mol. The van der Waals surface area contributed by atoms with Gasteiger partial charge in [-0.25, -0.2) is 0 Å². The minimum absolute atomic E-state index is 0.343. The Labute approximate surface area is 112 Å². The topological polar surface area (TPSA) is 23.6 Å². The zero-order valence-electron chi connectivity index (χ0n) is 12.2. The van der Waals surface area contributed by atoms with Gasteiger partial charge in [-0.15, -0.1) is 0 Å². The molecule has 0 aromatic rings. The van der Waals surface area contributed by atoms with Crippen molar-refractivity contribution in [2.45, 2.75) is 40.0 Å². The molecule has 0 radical (unpaired) electrons. The van der Waals surface area contributed by atoms with Crippen LogP contribution in [0.5, 0.6) is 0 Å². The predicted molar refractivity (Wildman–Crippen MR) is 74.4 cm³/mol. The Morgan fingerprint density at radius 3 is 2.28 bits per heavy atom. The van der Waals surface area contributed by atoms with Crippen LogP contribution in [0.2, 0.25) is 0 Å². The minimum Gasteiger partial charge on any atom is -0.342 e. The Bertz CT molecular complexity index is 276. The average Bonchev–Trinajstić information content (AvgIpc) is 2.85. The zero-order valence-corrected chi connectivity index (χ0v) is 12.2. The number of carbonyl (C=O) groups excluding carboxylic acids is 1. The molecule has 1 amide bonds. The maximum absolute atomic E-state index is 11.7. The summed E-state index contributed by atoms with van der Waals surface area (Å²) >= 11 is 0. The van der Waals surface area contributed by atoms with Crippen LogP contribution in [0, 0.1) is 17.8 Å². The standard InChI is InChI=1S/C15H28N2O/c1-4-15(18)17-10-13-8-16(9-14(13)11-17)7-5-6-12(2)3/h12-14H,4-11H2,1-3H3. The van der Waals surface area contributed by atoms with E-state index in [0.29, 0.717) is 12.3 Å². The van der Waals surface area contributed by atoms with E-state index in [4.69, 9.17) is 0 Å². The second-order valence-electron chi connectivity index (χ2n) is 6.47. The SMILES string of the molecule is CCC(=O)N1CC2CN(CCCC(C)C)CC2C1. The molecule has 3 heteroatoms. The molecule has 2 fully saturated rings. The average molecular weight is 252 g/mol. The van der Waals surface area contributed by atoms with E-state index in [9.17, 15) is 4.79 Å². The van der Waals surface area contributed by atoms with Gasteiger partial charge in [0.05, 0.1) is 0 Å². The van der Waals surface area contributed by atoms with Gasteiger partial charge in [0.1, 0.15) is 0 Å². The fourth-order valence-electron chi connectivity index (χ4n) is 3.42. The number of likely N-dealkylation sites (tertiary alicyclic amines) is 2. The van der Waals surface area contributed by atoms with Gasteiger partial charge in [0.15, 0.2) is 0 Å². The molecule has 0 aromatic heterocycles. The number of rotatable bonds is 5. The lowest BCUT2D eigenvalue weighted by Gasteiger charge is -2.21. The summed E-state index contributed by atoms with van der Waals surface area (Å²) in [5, 5.41) is 0. The monoisotopic (exact) mass is 252 g/mol. The second-order valence-corrected chi connectivity index (χ2v) is 6.47. The maximum atomic E-state index is 11.7. The van der Waals surface area contributed by atoms with Crippen LogP contribution in [-0.4, -0.2) is 48.4 Å². The summed E-state index contributed by atoms with van der Waals surface area (Å²) < 4.78 is 0. The van der Waals surface area contributed by atoms with Crippen LogP contribution in [0.25, 0.3) is 0 Å². The third kappa shape index (κ3) is 3.25. The van der Waals surface area contributed by atoms with Crippen molar-refractivity contribution in [2.75, 3.05) is 32.7 Å². The maximum Gasteiger partial charge on any atom is 0.222 e. The van der Waals surface area contributed by atoms with E-state index >= 15 is 0 Å². The second kappa shape index (κ2) is 6.05. The van der Waals surface area contributed by atoms with Gasteiger partial charge in [-0.3, -0.25) is 4.79 Å². The summed E-state index contributed by atoms with van der Waals surface area (Å²) in [5.41, 5.74) is 0. The molecule has 2 saturated heterocycles. The molecule has 104 valence electrons. The largest absolute Gasteiger partial charge is 0.342 e. The van der Waals surface area contributed by atoms with E-state index in [0.717, 1.165) is 30.8 Å². The van der Waals surface area contributed by atoms with Crippen LogP contribution in [0.1, 0.15) is 40.0 Å². The van der Waals surface area contributed by atoms with Crippen molar-refractivity contribution < 1.29 is 4.79 Å². The van der Waals surface area contributed by atoms with Crippen LogP contribution in [0.4, 0.5) is 0 Å². The lowest BCUT2D eigenvalue weighted by atomic mass is 10.0. The number of carbonyl (C=O) groups is 1. The molecule has 2 unspecified atom stereocenters. The van der Waals surface area contributed by atoms with Gasteiger partial charge in [-0.1, -0.05) is 20.8 Å². The summed E-state index contributed by atoms with van der Waals surface area (Å²) in [6, 6.07) is 0. The molecule has 18 heavy (non-hydrogen) atoms. The molecule has 0 saturated carbocycles. The fourth-order valence-corrected chi connectivity index (χ4v) is 3.42. The summed E-state index contributed by atoms with van der Waals surface area (Å²) in [6.45, 7) is 12.3. The normalized spacial score (nSPS) is 28.1. The first-order chi connectivity index (χ1) is 8.60. The summed E-state index contributed by atoms with van der Waals surface area (Å²) in [6.07, 6.45) is 3.33. The molecule has 2 rings (SSSR count). The highest BCUT2D eigenvalue weighted by atomic mass is 16.2. The molecule has 0 aromatic carbocycles. The Balaban J connectivity index is 1.71. The molecule has 2 aliphatic heterocycles. The van der Waals surface area contributed by atoms with E-state index < -0.39 is 0 Å². The van der Waals surface area contributed by atoms with Gasteiger partial charge in [-0.2, -0.15) is 0 Å². The summed E-state index contributed by atoms with van der Waals surface area (Å²) in [5.74, 6) is 2.67. The van der Waals surface area contributed by atoms with Gasteiger partial charge in [0, 0.05) is 32.6 Å². The number of amides is 1. The quantitative estimate of drug-likeness (QED) is 0.749. The highest BCUT2D eigenvalue weighted by Crippen LogP contribution is 2.31. The fraction of sp³-hybridized carbons (Fsp3) is 0.933. The lowest BCUT2D eigenvalue weighted by Crippen LogP contribution is -2.33. The minimum atomic E-state index is 0.343. The van der Waals surface area contributed by atoms with Gasteiger partial charge in [0.2, 0.25) is 5.91 Å². The summed E-state index contributed by atoms with van der Waals surface area (Å²) in [4.78, 5) is 16.4. The molecule has 0 aliphatic carbocycles. The van der Waals surface area contributed by atoms with Crippen LogP contribution in [-0.2, 0) is 4.79 Å². The molecule has 2 aliphatic rings. The molecule has 0 bridgehead atoms. The highest BCUT2D eigenvalue weighted by Gasteiger charge is 2.40. The van der Waals surface area contributed by atoms with E-state index in [-0.39, 0.29) is 0 Å². The number of fused-ring (bicyclic) bond motifs is 1. The molecule has 0 spiro atoms. The van der Waals surface area contributed by atoms with Crippen molar-refractivity contribution in [3.05, 3.63) is 0 Å². The molecule has 3 nitrogen and oxygen atoms in total. The first kappa shape index (κ1) is 13.9. The van der Waals surface area contributed by atoms with Crippen molar-refractivity contribution in [3.8, 4) is 0 Å². The Morgan fingerprint density at radius 1 is 1.17 bits per heavy atom. The lowest BCUT2D eigenvalue weighted by molar-refractivity contribution is -0.130. The highest BCUT2D eigenvalue weighted by molar-refractivity contribution is 5.76. The first-order valence-corrected chi connectivity index (χ1v) is 7.60. The van der Waals surface area contributed by atoms with Crippen molar-refractivity contribution >= 4 is 5.91 Å². The van der Waals surface area contributed by atoms with E-state index in [1.165, 1.54) is 32.5 Å².